The summed E-state index contributed by atoms with van der Waals surface area (Å²) in [6.45, 7) is 0.609. The molecule has 0 saturated heterocycles. The fourth-order valence-electron chi connectivity index (χ4n) is 6.53. The second kappa shape index (κ2) is 10.5. The monoisotopic (exact) mass is 619 g/mol. The molecule has 2 saturated carbocycles. The van der Waals surface area contributed by atoms with E-state index in [4.69, 9.17) is 11.6 Å². The highest BCUT2D eigenvalue weighted by Gasteiger charge is 2.51. The van der Waals surface area contributed by atoms with Gasteiger partial charge in [-0.15, -0.1) is 5.10 Å². The second-order valence-electron chi connectivity index (χ2n) is 11.8. The van der Waals surface area contributed by atoms with Gasteiger partial charge in [-0.1, -0.05) is 17.2 Å². The lowest BCUT2D eigenvalue weighted by atomic mass is 9.60. The van der Waals surface area contributed by atoms with Crippen LogP contribution in [0, 0.1) is 17.2 Å². The van der Waals surface area contributed by atoms with Crippen molar-refractivity contribution in [3.8, 4) is 5.69 Å². The molecule has 3 aromatic heterocycles. The predicted molar refractivity (Wildman–Crippen MR) is 163 cm³/mol. The van der Waals surface area contributed by atoms with E-state index in [2.05, 4.69) is 32.1 Å². The first kappa shape index (κ1) is 28.1. The van der Waals surface area contributed by atoms with E-state index in [-0.39, 0.29) is 22.8 Å². The minimum absolute atomic E-state index is 0.121. The van der Waals surface area contributed by atoms with Gasteiger partial charge in [0.15, 0.2) is 5.78 Å². The molecule has 0 N–H and O–H groups in total. The van der Waals surface area contributed by atoms with Gasteiger partial charge in [-0.2, -0.15) is 5.10 Å². The summed E-state index contributed by atoms with van der Waals surface area (Å²) >= 11 is 6.32. The highest BCUT2D eigenvalue weighted by atomic mass is 35.5. The van der Waals surface area contributed by atoms with Gasteiger partial charge in [0.25, 0.3) is 0 Å². The minimum Gasteiger partial charge on any atom is -0.291 e. The van der Waals surface area contributed by atoms with Gasteiger partial charge in [-0.25, -0.2) is 22.6 Å². The molecule has 7 rings (SSSR count). The average Bonchev–Trinajstić information content (AvgIpc) is 3.57. The highest BCUT2D eigenvalue weighted by Crippen LogP contribution is 2.52. The van der Waals surface area contributed by atoms with Crippen molar-refractivity contribution in [2.24, 2.45) is 18.4 Å². The summed E-state index contributed by atoms with van der Waals surface area (Å²) in [5.41, 5.74) is 2.84. The number of hydrogen-bond donors (Lipinski definition) is 0. The van der Waals surface area contributed by atoms with Crippen molar-refractivity contribution in [2.45, 2.75) is 49.7 Å². The number of carbonyl (C=O) groups excluding carboxylic acids is 1. The van der Waals surface area contributed by atoms with Crippen LogP contribution in [0.4, 0.5) is 4.39 Å². The third-order valence-electron chi connectivity index (χ3n) is 8.88. The minimum atomic E-state index is -3.02. The van der Waals surface area contributed by atoms with Crippen LogP contribution < -0.4 is 0 Å². The van der Waals surface area contributed by atoms with Gasteiger partial charge in [-0.3, -0.25) is 14.5 Å². The van der Waals surface area contributed by atoms with E-state index in [1.54, 1.807) is 48.4 Å². The fraction of sp³-hybridized carbons (Fsp3) is 0.355. The van der Waals surface area contributed by atoms with Crippen LogP contribution in [0.3, 0.4) is 0 Å². The van der Waals surface area contributed by atoms with Crippen molar-refractivity contribution in [2.75, 3.05) is 6.54 Å². The number of carbonyl (C=O) groups is 1. The van der Waals surface area contributed by atoms with E-state index in [0.29, 0.717) is 48.9 Å². The maximum atomic E-state index is 14.6. The van der Waals surface area contributed by atoms with Gasteiger partial charge in [0.1, 0.15) is 17.8 Å². The van der Waals surface area contributed by atoms with Crippen molar-refractivity contribution in [1.82, 2.24) is 33.8 Å². The number of pyridine rings is 1. The van der Waals surface area contributed by atoms with E-state index in [9.17, 15) is 13.4 Å². The standard InChI is InChI=1S/C31H31ClFN7O2S/c1-38-19-35-30(37-38)43(2,42)39(18-20-3-4-20)26-8-5-22-13-28-21(17-36-40(28)25-9-6-24(33)7-10-25)15-31(22,16-26)29(41)27-14-23(32)11-12-34-27/h6-7,9-14,17,19-20,26H,2-5,8,15-16,18H2,1H3/t26-,31-,43?/m0/s1. The fourth-order valence-corrected chi connectivity index (χ4v) is 8.48. The molecular weight excluding hydrogens is 589 g/mol. The second-order valence-corrected chi connectivity index (χ2v) is 14.4. The quantitative estimate of drug-likeness (QED) is 0.204. The molecule has 2 fully saturated rings. The Morgan fingerprint density at radius 3 is 2.70 bits per heavy atom. The molecule has 3 aliphatic rings. The third-order valence-corrected chi connectivity index (χ3v) is 11.1. The van der Waals surface area contributed by atoms with Gasteiger partial charge in [-0.05, 0) is 98.4 Å². The zero-order valence-corrected chi connectivity index (χ0v) is 25.3. The maximum absolute atomic E-state index is 14.6. The Kier molecular flexibility index (Phi) is 6.87. The Bertz CT molecular complexity index is 1860. The Balaban J connectivity index is 1.32. The lowest BCUT2D eigenvalue weighted by Gasteiger charge is -2.47. The summed E-state index contributed by atoms with van der Waals surface area (Å²) in [6, 6.07) is 9.25. The number of ketones is 1. The number of hydrogen-bond acceptors (Lipinski definition) is 6. The van der Waals surface area contributed by atoms with Crippen molar-refractivity contribution in [3.63, 3.8) is 0 Å². The molecule has 0 spiro atoms. The van der Waals surface area contributed by atoms with Gasteiger partial charge in [0, 0.05) is 30.9 Å². The summed E-state index contributed by atoms with van der Waals surface area (Å²) in [4.78, 5) is 23.3. The highest BCUT2D eigenvalue weighted by molar-refractivity contribution is 7.98. The van der Waals surface area contributed by atoms with E-state index in [0.717, 1.165) is 35.4 Å². The van der Waals surface area contributed by atoms with Crippen LogP contribution in [0.25, 0.3) is 11.8 Å². The number of fused-ring (bicyclic) bond motifs is 2. The van der Waals surface area contributed by atoms with E-state index in [1.807, 2.05) is 4.31 Å². The summed E-state index contributed by atoms with van der Waals surface area (Å²) in [6.07, 6.45) is 11.2. The van der Waals surface area contributed by atoms with Crippen LogP contribution in [-0.4, -0.2) is 62.3 Å². The van der Waals surface area contributed by atoms with E-state index >= 15 is 0 Å². The molecule has 3 atom stereocenters. The molecule has 9 nitrogen and oxygen atoms in total. The molecule has 0 amide bonds. The number of halogens is 2. The zero-order chi connectivity index (χ0) is 29.9. The molecule has 3 aliphatic carbocycles. The summed E-state index contributed by atoms with van der Waals surface area (Å²) in [7, 11) is -1.27. The number of benzene rings is 1. The SMILES string of the molecule is C=S(=O)(c1ncn(C)n1)N(CC1CC1)[C@H]1CCC2=Cc3c(cnn3-c3ccc(F)cc3)C[C@]2(C(=O)c2cc(Cl)ccn2)C1. The van der Waals surface area contributed by atoms with Crippen molar-refractivity contribution >= 4 is 39.0 Å². The van der Waals surface area contributed by atoms with Crippen LogP contribution in [0.5, 0.6) is 0 Å². The first-order valence-corrected chi connectivity index (χ1v) is 16.4. The molecule has 4 aromatic rings. The van der Waals surface area contributed by atoms with Crippen molar-refractivity contribution in [1.29, 1.82) is 0 Å². The number of aryl methyl sites for hydroxylation is 1. The first-order valence-electron chi connectivity index (χ1n) is 14.3. The molecule has 3 heterocycles. The van der Waals surface area contributed by atoms with Gasteiger partial charge >= 0.3 is 0 Å². The smallest absolute Gasteiger partial charge is 0.244 e. The van der Waals surface area contributed by atoms with Crippen LogP contribution in [0.2, 0.25) is 5.02 Å². The number of Topliss-reactive ketones (excluding diaryl/α,β-unsaturated/α-hetero) is 1. The van der Waals surface area contributed by atoms with Gasteiger partial charge in [0.2, 0.25) is 5.16 Å². The summed E-state index contributed by atoms with van der Waals surface area (Å²) in [5.74, 6) is 4.16. The lowest BCUT2D eigenvalue weighted by Crippen LogP contribution is -2.51. The van der Waals surface area contributed by atoms with Crippen molar-refractivity contribution < 1.29 is 13.4 Å². The third kappa shape index (κ3) is 5.03. The first-order chi connectivity index (χ1) is 20.6. The maximum Gasteiger partial charge on any atom is 0.244 e. The number of nitrogens with zero attached hydrogens (tertiary/aromatic N) is 7. The van der Waals surface area contributed by atoms with Crippen LogP contribution in [-0.2, 0) is 23.2 Å². The van der Waals surface area contributed by atoms with Crippen LogP contribution >= 0.6 is 11.6 Å². The average molecular weight is 620 g/mol. The van der Waals surface area contributed by atoms with Crippen molar-refractivity contribution in [3.05, 3.63) is 88.5 Å². The molecule has 1 aromatic carbocycles. The Morgan fingerprint density at radius 2 is 2.00 bits per heavy atom. The molecule has 222 valence electrons. The van der Waals surface area contributed by atoms with Gasteiger partial charge < -0.3 is 0 Å². The molecule has 1 unspecified atom stereocenters. The lowest BCUT2D eigenvalue weighted by molar-refractivity contribution is 0.0738. The zero-order valence-electron chi connectivity index (χ0n) is 23.7. The van der Waals surface area contributed by atoms with Crippen LogP contribution in [0.1, 0.15) is 53.8 Å². The normalized spacial score (nSPS) is 22.9. The van der Waals surface area contributed by atoms with Crippen LogP contribution in [0.15, 0.2) is 65.8 Å². The number of rotatable bonds is 8. The molecule has 43 heavy (non-hydrogen) atoms. The Labute approximate surface area is 254 Å². The van der Waals surface area contributed by atoms with E-state index < -0.39 is 15.1 Å². The molecule has 0 radical (unpaired) electrons. The Hall–Kier alpha value is -3.67. The largest absolute Gasteiger partial charge is 0.291 e. The van der Waals surface area contributed by atoms with E-state index in [1.165, 1.54) is 23.1 Å². The number of allylic oxidation sites excluding steroid dienone is 1. The summed E-state index contributed by atoms with van der Waals surface area (Å²) < 4.78 is 33.4. The molecular formula is C31H31ClFN7O2S. The number of aromatic nitrogens is 6. The molecule has 0 bridgehead atoms. The predicted octanol–water partition coefficient (Wildman–Crippen LogP) is 4.95. The Morgan fingerprint density at radius 1 is 1.21 bits per heavy atom. The summed E-state index contributed by atoms with van der Waals surface area (Å²) in [5, 5.41) is 9.65. The topological polar surface area (TPSA) is 98.8 Å². The van der Waals surface area contributed by atoms with Gasteiger partial charge in [0.05, 0.1) is 32.7 Å². The molecule has 0 aliphatic heterocycles. The molecule has 12 heteroatoms.